The number of thiocarbonyl (C=S) groups is 1. The Morgan fingerprint density at radius 2 is 1.89 bits per heavy atom. The summed E-state index contributed by atoms with van der Waals surface area (Å²) in [5.74, 6) is 0.193. The molecular weight excluding hydrogens is 396 g/mol. The summed E-state index contributed by atoms with van der Waals surface area (Å²) >= 11 is 12.0. The molecule has 1 fully saturated rings. The van der Waals surface area contributed by atoms with E-state index in [4.69, 9.17) is 33.3 Å². The molecule has 1 amide bonds. The number of anilines is 1. The molecule has 0 aromatic heterocycles. The van der Waals surface area contributed by atoms with Gasteiger partial charge in [0, 0.05) is 24.3 Å². The van der Waals surface area contributed by atoms with E-state index in [0.717, 1.165) is 29.3 Å². The van der Waals surface area contributed by atoms with E-state index in [-0.39, 0.29) is 24.7 Å². The number of rotatable bonds is 5. The summed E-state index contributed by atoms with van der Waals surface area (Å²) in [6.45, 7) is 5.44. The summed E-state index contributed by atoms with van der Waals surface area (Å²) in [6.07, 6.45) is 0.255. The third-order valence-corrected chi connectivity index (χ3v) is 5.09. The maximum Gasteiger partial charge on any atom is 0.262 e. The SMILES string of the molecule is C[C@@H]1CN(C(=S)c2ccc(OCC(=O)Nc3ccccc3)c(Cl)c2)C[C@@H](C)O1. The minimum Gasteiger partial charge on any atom is -0.482 e. The smallest absolute Gasteiger partial charge is 0.262 e. The van der Waals surface area contributed by atoms with Crippen molar-refractivity contribution in [3.05, 3.63) is 59.1 Å². The number of nitrogens with zero attached hydrogens (tertiary/aromatic N) is 1. The van der Waals surface area contributed by atoms with E-state index in [1.807, 2.05) is 50.2 Å². The highest BCUT2D eigenvalue weighted by Gasteiger charge is 2.24. The van der Waals surface area contributed by atoms with Crippen LogP contribution in [-0.2, 0) is 9.53 Å². The van der Waals surface area contributed by atoms with Crippen molar-refractivity contribution < 1.29 is 14.3 Å². The molecule has 0 aliphatic carbocycles. The van der Waals surface area contributed by atoms with Gasteiger partial charge in [0.2, 0.25) is 0 Å². The van der Waals surface area contributed by atoms with E-state index < -0.39 is 0 Å². The number of amides is 1. The average molecular weight is 419 g/mol. The molecule has 0 saturated carbocycles. The summed E-state index contributed by atoms with van der Waals surface area (Å²) in [5, 5.41) is 3.18. The molecule has 1 aliphatic heterocycles. The maximum atomic E-state index is 12.0. The molecule has 5 nitrogen and oxygen atoms in total. The zero-order chi connectivity index (χ0) is 20.1. The van der Waals surface area contributed by atoms with Gasteiger partial charge in [-0.2, -0.15) is 0 Å². The molecule has 1 N–H and O–H groups in total. The lowest BCUT2D eigenvalue weighted by molar-refractivity contribution is -0.118. The van der Waals surface area contributed by atoms with Crippen molar-refractivity contribution in [1.29, 1.82) is 0 Å². The first-order valence-electron chi connectivity index (χ1n) is 9.14. The fourth-order valence-corrected chi connectivity index (χ4v) is 3.65. The molecule has 0 radical (unpaired) electrons. The second kappa shape index (κ2) is 9.37. The highest BCUT2D eigenvalue weighted by atomic mass is 35.5. The summed E-state index contributed by atoms with van der Waals surface area (Å²) in [7, 11) is 0. The Hall–Kier alpha value is -2.15. The standard InChI is InChI=1S/C21H23ClN2O3S/c1-14-11-24(12-15(2)27-14)21(28)16-8-9-19(18(22)10-16)26-13-20(25)23-17-6-4-3-5-7-17/h3-10,14-15H,11-13H2,1-2H3,(H,23,25)/t14-,15-/m1/s1. The van der Waals surface area contributed by atoms with E-state index in [1.54, 1.807) is 12.1 Å². The highest BCUT2D eigenvalue weighted by Crippen LogP contribution is 2.27. The van der Waals surface area contributed by atoms with Gasteiger partial charge in [0.15, 0.2) is 6.61 Å². The molecule has 148 valence electrons. The van der Waals surface area contributed by atoms with Crippen LogP contribution in [0.15, 0.2) is 48.5 Å². The van der Waals surface area contributed by atoms with Gasteiger partial charge in [-0.25, -0.2) is 0 Å². The molecule has 0 spiro atoms. The molecule has 28 heavy (non-hydrogen) atoms. The van der Waals surface area contributed by atoms with Gasteiger partial charge in [-0.15, -0.1) is 0 Å². The fraction of sp³-hybridized carbons (Fsp3) is 0.333. The molecule has 0 unspecified atom stereocenters. The number of halogens is 1. The number of hydrogen-bond acceptors (Lipinski definition) is 4. The first kappa shape index (κ1) is 20.6. The van der Waals surface area contributed by atoms with Crippen molar-refractivity contribution in [2.24, 2.45) is 0 Å². The molecule has 1 saturated heterocycles. The summed E-state index contributed by atoms with van der Waals surface area (Å²) in [4.78, 5) is 14.9. The number of nitrogens with one attached hydrogen (secondary N) is 1. The molecule has 2 aromatic carbocycles. The molecule has 1 heterocycles. The van der Waals surface area contributed by atoms with Crippen LogP contribution >= 0.6 is 23.8 Å². The van der Waals surface area contributed by atoms with Crippen LogP contribution in [0.25, 0.3) is 0 Å². The fourth-order valence-electron chi connectivity index (χ4n) is 3.14. The van der Waals surface area contributed by atoms with E-state index in [9.17, 15) is 4.79 Å². The van der Waals surface area contributed by atoms with Gasteiger partial charge in [-0.3, -0.25) is 4.79 Å². The Morgan fingerprint density at radius 1 is 1.21 bits per heavy atom. The van der Waals surface area contributed by atoms with Crippen LogP contribution in [0.1, 0.15) is 19.4 Å². The number of para-hydroxylation sites is 1. The van der Waals surface area contributed by atoms with Crippen LogP contribution in [0.3, 0.4) is 0 Å². The molecule has 0 bridgehead atoms. The molecule has 7 heteroatoms. The van der Waals surface area contributed by atoms with Gasteiger partial charge < -0.3 is 19.7 Å². The van der Waals surface area contributed by atoms with E-state index in [0.29, 0.717) is 10.8 Å². The molecule has 1 aliphatic rings. The van der Waals surface area contributed by atoms with E-state index >= 15 is 0 Å². The van der Waals surface area contributed by atoms with Crippen LogP contribution in [0.5, 0.6) is 5.75 Å². The number of benzene rings is 2. The third-order valence-electron chi connectivity index (χ3n) is 4.30. The summed E-state index contributed by atoms with van der Waals surface area (Å²) < 4.78 is 11.3. The topological polar surface area (TPSA) is 50.8 Å². The normalized spacial score (nSPS) is 19.2. The Labute approximate surface area is 175 Å². The lowest BCUT2D eigenvalue weighted by Crippen LogP contribution is -2.47. The van der Waals surface area contributed by atoms with Gasteiger partial charge in [-0.1, -0.05) is 42.0 Å². The quantitative estimate of drug-likeness (QED) is 0.739. The lowest BCUT2D eigenvalue weighted by atomic mass is 10.1. The van der Waals surface area contributed by atoms with E-state index in [2.05, 4.69) is 10.2 Å². The van der Waals surface area contributed by atoms with Crippen LogP contribution in [0.4, 0.5) is 5.69 Å². The van der Waals surface area contributed by atoms with Crippen LogP contribution in [-0.4, -0.2) is 47.7 Å². The Morgan fingerprint density at radius 3 is 2.54 bits per heavy atom. The number of ether oxygens (including phenoxy) is 2. The predicted molar refractivity (Wildman–Crippen MR) is 115 cm³/mol. The minimum atomic E-state index is -0.252. The van der Waals surface area contributed by atoms with Crippen LogP contribution in [0, 0.1) is 0 Å². The third kappa shape index (κ3) is 5.44. The first-order valence-corrected chi connectivity index (χ1v) is 9.93. The number of carbonyl (C=O) groups is 1. The molecule has 2 atom stereocenters. The Kier molecular flexibility index (Phi) is 6.88. The highest BCUT2D eigenvalue weighted by molar-refractivity contribution is 7.80. The van der Waals surface area contributed by atoms with Crippen molar-refractivity contribution in [2.45, 2.75) is 26.1 Å². The van der Waals surface area contributed by atoms with E-state index in [1.165, 1.54) is 0 Å². The first-order chi connectivity index (χ1) is 13.4. The summed E-state index contributed by atoms with van der Waals surface area (Å²) in [5.41, 5.74) is 1.57. The van der Waals surface area contributed by atoms with Gasteiger partial charge in [0.1, 0.15) is 10.7 Å². The Balaban J connectivity index is 1.59. The molecule has 3 rings (SSSR count). The van der Waals surface area contributed by atoms with Crippen molar-refractivity contribution in [3.8, 4) is 5.75 Å². The largest absolute Gasteiger partial charge is 0.482 e. The Bertz CT molecular complexity index is 837. The van der Waals surface area contributed by atoms with Gasteiger partial charge in [0.25, 0.3) is 5.91 Å². The van der Waals surface area contributed by atoms with Crippen LogP contribution < -0.4 is 10.1 Å². The van der Waals surface area contributed by atoms with Crippen molar-refractivity contribution in [2.75, 3.05) is 25.0 Å². The van der Waals surface area contributed by atoms with Gasteiger partial charge >= 0.3 is 0 Å². The number of hydrogen-bond donors (Lipinski definition) is 1. The number of morpholine rings is 1. The number of carbonyl (C=O) groups excluding carboxylic acids is 1. The monoisotopic (exact) mass is 418 g/mol. The van der Waals surface area contributed by atoms with Crippen molar-refractivity contribution in [3.63, 3.8) is 0 Å². The van der Waals surface area contributed by atoms with Gasteiger partial charge in [0.05, 0.1) is 17.2 Å². The zero-order valence-electron chi connectivity index (χ0n) is 15.9. The van der Waals surface area contributed by atoms with Crippen LogP contribution in [0.2, 0.25) is 5.02 Å². The molecular formula is C21H23ClN2O3S. The van der Waals surface area contributed by atoms with Gasteiger partial charge in [-0.05, 0) is 44.2 Å². The second-order valence-corrected chi connectivity index (χ2v) is 7.61. The minimum absolute atomic E-state index is 0.128. The maximum absolute atomic E-state index is 12.0. The van der Waals surface area contributed by atoms with Crippen molar-refractivity contribution >= 4 is 40.4 Å². The zero-order valence-corrected chi connectivity index (χ0v) is 17.4. The second-order valence-electron chi connectivity index (χ2n) is 6.82. The lowest BCUT2D eigenvalue weighted by Gasteiger charge is -2.37. The van der Waals surface area contributed by atoms with Crippen molar-refractivity contribution in [1.82, 2.24) is 4.90 Å². The summed E-state index contributed by atoms with van der Waals surface area (Å²) in [6, 6.07) is 14.6. The molecule has 2 aromatic rings. The predicted octanol–water partition coefficient (Wildman–Crippen LogP) is 4.14. The average Bonchev–Trinajstić information content (AvgIpc) is 2.66.